The van der Waals surface area contributed by atoms with Gasteiger partial charge in [-0.25, -0.2) is 9.59 Å². The molecule has 0 atom stereocenters. The van der Waals surface area contributed by atoms with E-state index in [1.165, 1.54) is 0 Å². The Kier molecular flexibility index (Phi) is 5.16. The van der Waals surface area contributed by atoms with Crippen LogP contribution in [0.25, 0.3) is 0 Å². The van der Waals surface area contributed by atoms with E-state index in [-0.39, 0.29) is 0 Å². The maximum absolute atomic E-state index is 11.8. The van der Waals surface area contributed by atoms with Crippen molar-refractivity contribution in [1.29, 1.82) is 0 Å². The van der Waals surface area contributed by atoms with Crippen LogP contribution < -0.4 is 5.73 Å². The largest absolute Gasteiger partial charge is 0.443 e. The molecule has 0 aromatic heterocycles. The lowest BCUT2D eigenvalue weighted by molar-refractivity contribution is 0.0139. The van der Waals surface area contributed by atoms with Gasteiger partial charge in [-0.1, -0.05) is 5.16 Å². The molecule has 19 heavy (non-hydrogen) atoms. The summed E-state index contributed by atoms with van der Waals surface area (Å²) in [7, 11) is 0. The van der Waals surface area contributed by atoms with Crippen LogP contribution in [-0.4, -0.2) is 39.5 Å². The molecule has 8 nitrogen and oxygen atoms in total. The van der Waals surface area contributed by atoms with Crippen molar-refractivity contribution < 1.29 is 24.3 Å². The van der Waals surface area contributed by atoms with Crippen LogP contribution in [-0.2, 0) is 9.47 Å². The molecule has 8 heteroatoms. The zero-order valence-electron chi connectivity index (χ0n) is 12.1. The topological polar surface area (TPSA) is 114 Å². The molecule has 0 heterocycles. The molecular formula is C11H21N3O5. The number of hydrogen-bond acceptors (Lipinski definition) is 6. The second-order valence-corrected chi connectivity index (χ2v) is 5.75. The van der Waals surface area contributed by atoms with Crippen LogP contribution in [0.4, 0.5) is 9.59 Å². The third-order valence-electron chi connectivity index (χ3n) is 1.48. The highest BCUT2D eigenvalue weighted by Crippen LogP contribution is 2.14. The van der Waals surface area contributed by atoms with E-state index in [1.807, 2.05) is 0 Å². The summed E-state index contributed by atoms with van der Waals surface area (Å²) in [5, 5.41) is 11.2. The molecule has 0 saturated carbocycles. The van der Waals surface area contributed by atoms with Gasteiger partial charge in [0, 0.05) is 0 Å². The molecule has 2 amide bonds. The minimum Gasteiger partial charge on any atom is -0.443 e. The quantitative estimate of drug-likeness (QED) is 0.302. The average molecular weight is 275 g/mol. The van der Waals surface area contributed by atoms with Gasteiger partial charge < -0.3 is 20.4 Å². The SMILES string of the molecule is CC(C)(C)OC(=O)N(C(=O)OC(C)(C)C)/C(N)=N/O. The van der Waals surface area contributed by atoms with Crippen molar-refractivity contribution in [1.82, 2.24) is 4.90 Å². The number of hydrogen-bond donors (Lipinski definition) is 2. The number of oxime groups is 1. The minimum atomic E-state index is -1.09. The Bertz CT molecular complexity index is 351. The van der Waals surface area contributed by atoms with E-state index in [2.05, 4.69) is 5.16 Å². The number of guanidine groups is 1. The summed E-state index contributed by atoms with van der Waals surface area (Å²) in [5.74, 6) is -0.733. The Labute approximate surface area is 112 Å². The Hall–Kier alpha value is -1.99. The van der Waals surface area contributed by atoms with Gasteiger partial charge >= 0.3 is 12.2 Å². The summed E-state index contributed by atoms with van der Waals surface area (Å²) in [5.41, 5.74) is 3.60. The number of ether oxygens (including phenoxy) is 2. The number of amides is 2. The molecule has 0 aliphatic carbocycles. The summed E-state index contributed by atoms with van der Waals surface area (Å²) in [6, 6.07) is 0. The molecular weight excluding hydrogens is 254 g/mol. The maximum Gasteiger partial charge on any atom is 0.427 e. The molecule has 110 valence electrons. The van der Waals surface area contributed by atoms with E-state index in [0.717, 1.165) is 0 Å². The van der Waals surface area contributed by atoms with Gasteiger partial charge in [-0.2, -0.15) is 0 Å². The third kappa shape index (κ3) is 6.49. The lowest BCUT2D eigenvalue weighted by Crippen LogP contribution is -2.49. The summed E-state index contributed by atoms with van der Waals surface area (Å²) < 4.78 is 9.95. The van der Waals surface area contributed by atoms with Gasteiger partial charge in [0.05, 0.1) is 0 Å². The van der Waals surface area contributed by atoms with Crippen molar-refractivity contribution in [2.24, 2.45) is 10.9 Å². The molecule has 0 aromatic carbocycles. The minimum absolute atomic E-state index is 0.316. The Morgan fingerprint density at radius 3 is 1.53 bits per heavy atom. The summed E-state index contributed by atoms with van der Waals surface area (Å²) in [4.78, 5) is 24.0. The van der Waals surface area contributed by atoms with E-state index < -0.39 is 29.3 Å². The van der Waals surface area contributed by atoms with Crippen LogP contribution >= 0.6 is 0 Å². The van der Waals surface area contributed by atoms with Crippen molar-refractivity contribution in [3.63, 3.8) is 0 Å². The van der Waals surface area contributed by atoms with E-state index in [9.17, 15) is 9.59 Å². The van der Waals surface area contributed by atoms with Gasteiger partial charge in [-0.3, -0.25) is 0 Å². The van der Waals surface area contributed by atoms with Gasteiger partial charge in [-0.05, 0) is 41.5 Å². The van der Waals surface area contributed by atoms with E-state index >= 15 is 0 Å². The highest BCUT2D eigenvalue weighted by Gasteiger charge is 2.34. The first kappa shape index (κ1) is 17.0. The first-order valence-corrected chi connectivity index (χ1v) is 5.61. The molecule has 0 aromatic rings. The van der Waals surface area contributed by atoms with E-state index in [0.29, 0.717) is 4.90 Å². The lowest BCUT2D eigenvalue weighted by Gasteiger charge is -2.27. The predicted octanol–water partition coefficient (Wildman–Crippen LogP) is 1.86. The molecule has 0 spiro atoms. The standard InChI is InChI=1S/C11H21N3O5/c1-10(2,3)18-8(15)14(7(12)13-17)9(16)19-11(4,5)6/h17H,1-6H3,(H2,12,13). The summed E-state index contributed by atoms with van der Waals surface area (Å²) in [6.07, 6.45) is -2.17. The highest BCUT2D eigenvalue weighted by molar-refractivity contribution is 6.07. The van der Waals surface area contributed by atoms with Crippen molar-refractivity contribution in [2.75, 3.05) is 0 Å². The predicted molar refractivity (Wildman–Crippen MR) is 67.7 cm³/mol. The van der Waals surface area contributed by atoms with Gasteiger partial charge in [0.15, 0.2) is 0 Å². The Morgan fingerprint density at radius 2 is 1.32 bits per heavy atom. The lowest BCUT2D eigenvalue weighted by atomic mass is 10.2. The van der Waals surface area contributed by atoms with Gasteiger partial charge in [0.25, 0.3) is 5.96 Å². The Balaban J connectivity index is 5.14. The van der Waals surface area contributed by atoms with Crippen LogP contribution in [0.2, 0.25) is 0 Å². The van der Waals surface area contributed by atoms with Crippen LogP contribution in [0.1, 0.15) is 41.5 Å². The Morgan fingerprint density at radius 1 is 1.00 bits per heavy atom. The summed E-state index contributed by atoms with van der Waals surface area (Å²) >= 11 is 0. The molecule has 0 rings (SSSR count). The zero-order valence-corrected chi connectivity index (χ0v) is 12.1. The maximum atomic E-state index is 11.8. The third-order valence-corrected chi connectivity index (χ3v) is 1.48. The monoisotopic (exact) mass is 275 g/mol. The molecule has 3 N–H and O–H groups in total. The number of nitrogens with zero attached hydrogens (tertiary/aromatic N) is 2. The fourth-order valence-corrected chi connectivity index (χ4v) is 0.921. The normalized spacial score (nSPS) is 12.8. The zero-order chi connectivity index (χ0) is 15.4. The number of rotatable bonds is 0. The van der Waals surface area contributed by atoms with Crippen molar-refractivity contribution in [3.05, 3.63) is 0 Å². The van der Waals surface area contributed by atoms with Crippen molar-refractivity contribution in [3.8, 4) is 0 Å². The van der Waals surface area contributed by atoms with Crippen LogP contribution in [0.3, 0.4) is 0 Å². The summed E-state index contributed by atoms with van der Waals surface area (Å²) in [6.45, 7) is 9.69. The molecule has 0 bridgehead atoms. The van der Waals surface area contributed by atoms with Crippen molar-refractivity contribution >= 4 is 18.1 Å². The number of carbonyl (C=O) groups is 2. The van der Waals surface area contributed by atoms with Gasteiger partial charge in [0.2, 0.25) is 0 Å². The van der Waals surface area contributed by atoms with Crippen LogP contribution in [0.15, 0.2) is 5.16 Å². The van der Waals surface area contributed by atoms with Crippen molar-refractivity contribution in [2.45, 2.75) is 52.7 Å². The number of nitrogens with two attached hydrogens (primary N) is 1. The highest BCUT2D eigenvalue weighted by atomic mass is 16.6. The smallest absolute Gasteiger partial charge is 0.427 e. The fraction of sp³-hybridized carbons (Fsp3) is 0.727. The van der Waals surface area contributed by atoms with Gasteiger partial charge in [0.1, 0.15) is 11.2 Å². The second-order valence-electron chi connectivity index (χ2n) is 5.75. The molecule has 0 aliphatic rings. The molecule has 0 saturated heterocycles. The van der Waals surface area contributed by atoms with E-state index in [1.54, 1.807) is 41.5 Å². The first-order valence-electron chi connectivity index (χ1n) is 5.61. The average Bonchev–Trinajstić information content (AvgIpc) is 2.11. The fourth-order valence-electron chi connectivity index (χ4n) is 0.921. The van der Waals surface area contributed by atoms with Crippen LogP contribution in [0.5, 0.6) is 0 Å². The molecule has 0 radical (unpaired) electrons. The van der Waals surface area contributed by atoms with E-state index in [4.69, 9.17) is 20.4 Å². The molecule has 0 unspecified atom stereocenters. The number of imide groups is 1. The van der Waals surface area contributed by atoms with Crippen LogP contribution in [0, 0.1) is 0 Å². The molecule has 0 fully saturated rings. The molecule has 0 aliphatic heterocycles. The van der Waals surface area contributed by atoms with Gasteiger partial charge in [-0.15, -0.1) is 4.90 Å². The second kappa shape index (κ2) is 5.77. The first-order chi connectivity index (χ1) is 8.37. The number of carbonyl (C=O) groups excluding carboxylic acids is 2.